The zero-order valence-electron chi connectivity index (χ0n) is 42.7. The van der Waals surface area contributed by atoms with E-state index in [0.29, 0.717) is 0 Å². The second-order valence-corrected chi connectivity index (χ2v) is 20.3. The zero-order chi connectivity index (χ0) is 50.5. The van der Waals surface area contributed by atoms with Crippen molar-refractivity contribution in [1.29, 1.82) is 0 Å². The van der Waals surface area contributed by atoms with Gasteiger partial charge in [0.05, 0.1) is 22.2 Å². The van der Waals surface area contributed by atoms with Crippen LogP contribution in [0.1, 0.15) is 27.8 Å². The summed E-state index contributed by atoms with van der Waals surface area (Å²) in [6.07, 6.45) is 0. The van der Waals surface area contributed by atoms with Gasteiger partial charge in [-0.1, -0.05) is 158 Å². The standard InChI is InChI=1S/C71H53N3O/c1-44-19-9-12-31-64(44)72(51-24-15-23-50(41-51)49-21-7-6-8-22-49)53-36-38-57-59-28-17-29-60-63-40-47(4)62(43-68(63)74(70(59)60)67(57)42-53)56-27-16-26-55(48(56)5)54-37-35-52(39-46(54)3)73(65-32-13-10-20-45(65)2)66-33-18-30-61-58-25-11-14-34-69(58)75-71(61)66/h6-43H,1-5H3. The number of hydrogen-bond donors (Lipinski definition) is 0. The molecule has 14 aromatic rings. The summed E-state index contributed by atoms with van der Waals surface area (Å²) < 4.78 is 9.19. The van der Waals surface area contributed by atoms with E-state index in [0.717, 1.165) is 56.1 Å². The van der Waals surface area contributed by atoms with E-state index in [1.165, 1.54) is 99.3 Å². The van der Waals surface area contributed by atoms with Crippen molar-refractivity contribution in [3.8, 4) is 33.4 Å². The summed E-state index contributed by atoms with van der Waals surface area (Å²) >= 11 is 0. The molecular weight excluding hydrogens is 911 g/mol. The van der Waals surface area contributed by atoms with E-state index in [4.69, 9.17) is 4.42 Å². The van der Waals surface area contributed by atoms with Crippen LogP contribution in [0.4, 0.5) is 34.1 Å². The van der Waals surface area contributed by atoms with Gasteiger partial charge in [-0.3, -0.25) is 0 Å². The van der Waals surface area contributed by atoms with Crippen molar-refractivity contribution in [2.24, 2.45) is 0 Å². The number of hydrogen-bond acceptors (Lipinski definition) is 3. The Balaban J connectivity index is 0.900. The summed E-state index contributed by atoms with van der Waals surface area (Å²) in [6.45, 7) is 11.2. The monoisotopic (exact) mass is 963 g/mol. The molecule has 358 valence electrons. The molecule has 0 saturated carbocycles. The van der Waals surface area contributed by atoms with Crippen LogP contribution < -0.4 is 9.80 Å². The molecule has 3 heterocycles. The lowest BCUT2D eigenvalue weighted by molar-refractivity contribution is 0.669. The molecular formula is C71H53N3O. The van der Waals surface area contributed by atoms with Crippen LogP contribution in [0.3, 0.4) is 0 Å². The van der Waals surface area contributed by atoms with Gasteiger partial charge in [0.15, 0.2) is 5.58 Å². The highest BCUT2D eigenvalue weighted by Crippen LogP contribution is 2.48. The molecule has 0 fully saturated rings. The van der Waals surface area contributed by atoms with Gasteiger partial charge in [-0.15, -0.1) is 0 Å². The lowest BCUT2D eigenvalue weighted by atomic mass is 9.88. The van der Waals surface area contributed by atoms with Gasteiger partial charge in [-0.25, -0.2) is 0 Å². The van der Waals surface area contributed by atoms with E-state index in [-0.39, 0.29) is 0 Å². The predicted octanol–water partition coefficient (Wildman–Crippen LogP) is 20.2. The molecule has 14 rings (SSSR count). The molecule has 0 amide bonds. The molecule has 4 nitrogen and oxygen atoms in total. The number of para-hydroxylation sites is 5. The Morgan fingerprint density at radius 2 is 0.880 bits per heavy atom. The molecule has 0 spiro atoms. The van der Waals surface area contributed by atoms with Gasteiger partial charge < -0.3 is 18.6 Å². The maximum atomic E-state index is 6.65. The van der Waals surface area contributed by atoms with Crippen molar-refractivity contribution < 1.29 is 4.42 Å². The van der Waals surface area contributed by atoms with Crippen molar-refractivity contribution in [3.05, 3.63) is 258 Å². The molecule has 0 aliphatic carbocycles. The number of aryl methyl sites for hydroxylation is 4. The average molecular weight is 964 g/mol. The van der Waals surface area contributed by atoms with Crippen LogP contribution >= 0.6 is 0 Å². The Morgan fingerprint density at radius 1 is 0.320 bits per heavy atom. The Hall–Kier alpha value is -9.38. The van der Waals surface area contributed by atoms with Gasteiger partial charge >= 0.3 is 0 Å². The molecule has 0 bridgehead atoms. The summed E-state index contributed by atoms with van der Waals surface area (Å²) in [5.74, 6) is 0. The number of fused-ring (bicyclic) bond motifs is 9. The quantitative estimate of drug-likeness (QED) is 0.144. The van der Waals surface area contributed by atoms with Crippen LogP contribution in [0.15, 0.2) is 235 Å². The van der Waals surface area contributed by atoms with Crippen LogP contribution in [-0.4, -0.2) is 4.40 Å². The van der Waals surface area contributed by atoms with Crippen LogP contribution in [-0.2, 0) is 0 Å². The number of nitrogens with zero attached hydrogens (tertiary/aromatic N) is 3. The first-order valence-corrected chi connectivity index (χ1v) is 26.0. The Morgan fingerprint density at radius 3 is 1.67 bits per heavy atom. The van der Waals surface area contributed by atoms with Crippen molar-refractivity contribution in [2.75, 3.05) is 9.80 Å². The largest absolute Gasteiger partial charge is 0.454 e. The average Bonchev–Trinajstić information content (AvgIpc) is 4.10. The van der Waals surface area contributed by atoms with Crippen molar-refractivity contribution in [1.82, 2.24) is 4.40 Å². The lowest BCUT2D eigenvalue weighted by Crippen LogP contribution is -2.12. The topological polar surface area (TPSA) is 24.0 Å². The molecule has 0 unspecified atom stereocenters. The Bertz CT molecular complexity index is 4560. The van der Waals surface area contributed by atoms with E-state index >= 15 is 0 Å². The van der Waals surface area contributed by atoms with Crippen LogP contribution in [0, 0.1) is 34.6 Å². The first kappa shape index (κ1) is 44.3. The normalized spacial score (nSPS) is 11.8. The summed E-state index contributed by atoms with van der Waals surface area (Å²) in [5.41, 5.74) is 25.5. The highest BCUT2D eigenvalue weighted by atomic mass is 16.3. The lowest BCUT2D eigenvalue weighted by Gasteiger charge is -2.28. The maximum Gasteiger partial charge on any atom is 0.159 e. The third-order valence-electron chi connectivity index (χ3n) is 15.8. The Kier molecular flexibility index (Phi) is 10.3. The summed E-state index contributed by atoms with van der Waals surface area (Å²) in [4.78, 5) is 4.79. The SMILES string of the molecule is Cc1cc(N(c2ccccc2C)c2cccc3c2oc2ccccc23)ccc1-c1cccc(-c2cc3c(cc2C)c2cccc4c5ccc(N(c6cccc(-c7ccccc7)c6)c6ccccc6C)cc5n3c42)c1C. The van der Waals surface area contributed by atoms with Gasteiger partial charge in [-0.05, 0) is 169 Å². The minimum atomic E-state index is 0.878. The maximum absolute atomic E-state index is 6.65. The number of rotatable bonds is 9. The zero-order valence-corrected chi connectivity index (χ0v) is 42.7. The summed E-state index contributed by atoms with van der Waals surface area (Å²) in [7, 11) is 0. The first-order valence-electron chi connectivity index (χ1n) is 26.0. The minimum absolute atomic E-state index is 0.878. The third-order valence-corrected chi connectivity index (χ3v) is 15.8. The molecule has 75 heavy (non-hydrogen) atoms. The van der Waals surface area contributed by atoms with E-state index in [1.807, 2.05) is 6.07 Å². The fourth-order valence-electron chi connectivity index (χ4n) is 12.2. The molecule has 11 aromatic carbocycles. The van der Waals surface area contributed by atoms with Crippen LogP contribution in [0.2, 0.25) is 0 Å². The second-order valence-electron chi connectivity index (χ2n) is 20.3. The smallest absolute Gasteiger partial charge is 0.159 e. The van der Waals surface area contributed by atoms with E-state index in [2.05, 4.69) is 273 Å². The van der Waals surface area contributed by atoms with Gasteiger partial charge in [0, 0.05) is 60.8 Å². The third kappa shape index (κ3) is 7.05. The van der Waals surface area contributed by atoms with E-state index in [9.17, 15) is 0 Å². The van der Waals surface area contributed by atoms with Crippen LogP contribution in [0.5, 0.6) is 0 Å². The molecule has 4 heteroatoms. The highest BCUT2D eigenvalue weighted by Gasteiger charge is 2.25. The number of furan rings is 1. The minimum Gasteiger partial charge on any atom is -0.454 e. The number of benzene rings is 11. The molecule has 0 saturated heterocycles. The van der Waals surface area contributed by atoms with E-state index < -0.39 is 0 Å². The molecule has 0 N–H and O–H groups in total. The number of aromatic nitrogens is 1. The molecule has 3 aromatic heterocycles. The van der Waals surface area contributed by atoms with Gasteiger partial charge in [-0.2, -0.15) is 0 Å². The van der Waals surface area contributed by atoms with E-state index in [1.54, 1.807) is 0 Å². The molecule has 0 radical (unpaired) electrons. The van der Waals surface area contributed by atoms with Gasteiger partial charge in [0.25, 0.3) is 0 Å². The van der Waals surface area contributed by atoms with Gasteiger partial charge in [0.1, 0.15) is 5.58 Å². The summed E-state index contributed by atoms with van der Waals surface area (Å²) in [5, 5.41) is 7.29. The molecule has 0 atom stereocenters. The highest BCUT2D eigenvalue weighted by molar-refractivity contribution is 6.24. The fraction of sp³-hybridized carbons (Fsp3) is 0.0704. The Labute approximate surface area is 436 Å². The van der Waals surface area contributed by atoms with Gasteiger partial charge in [0.2, 0.25) is 0 Å². The predicted molar refractivity (Wildman–Crippen MR) is 318 cm³/mol. The van der Waals surface area contributed by atoms with Crippen molar-refractivity contribution >= 4 is 94.2 Å². The second kappa shape index (κ2) is 17.4. The fourth-order valence-corrected chi connectivity index (χ4v) is 12.2. The van der Waals surface area contributed by atoms with Crippen molar-refractivity contribution in [3.63, 3.8) is 0 Å². The number of anilines is 6. The summed E-state index contributed by atoms with van der Waals surface area (Å²) in [6, 6.07) is 84.2. The van der Waals surface area contributed by atoms with Crippen LogP contribution in [0.25, 0.3) is 93.4 Å². The molecule has 0 aliphatic rings. The first-order chi connectivity index (χ1) is 36.8. The molecule has 0 aliphatic heterocycles. The van der Waals surface area contributed by atoms with Crippen molar-refractivity contribution in [2.45, 2.75) is 34.6 Å².